The van der Waals surface area contributed by atoms with Crippen LogP contribution in [0.4, 0.5) is 0 Å². The number of carbonyl (C=O) groups is 1. The van der Waals surface area contributed by atoms with Gasteiger partial charge in [-0.05, 0) is 31.0 Å². The third-order valence-electron chi connectivity index (χ3n) is 2.80. The molecule has 0 fully saturated rings. The van der Waals surface area contributed by atoms with Crippen LogP contribution in [0.15, 0.2) is 24.3 Å². The lowest BCUT2D eigenvalue weighted by atomic mass is 10.2. The van der Waals surface area contributed by atoms with Crippen LogP contribution in [0.2, 0.25) is 0 Å². The van der Waals surface area contributed by atoms with Gasteiger partial charge in [0.2, 0.25) is 0 Å². The second-order valence-electron chi connectivity index (χ2n) is 4.25. The minimum atomic E-state index is 0.277. The second-order valence-corrected chi connectivity index (χ2v) is 4.25. The van der Waals surface area contributed by atoms with Crippen LogP contribution >= 0.6 is 0 Å². The van der Waals surface area contributed by atoms with Crippen molar-refractivity contribution in [2.75, 3.05) is 13.7 Å². The zero-order chi connectivity index (χ0) is 14.1. The summed E-state index contributed by atoms with van der Waals surface area (Å²) < 4.78 is 11.0. The number of carbonyl (C=O) groups excluding carboxylic acids is 1. The zero-order valence-electron chi connectivity index (χ0n) is 11.9. The summed E-state index contributed by atoms with van der Waals surface area (Å²) in [5, 5.41) is 0. The highest BCUT2D eigenvalue weighted by atomic mass is 16.5. The summed E-state index contributed by atoms with van der Waals surface area (Å²) in [6.07, 6.45) is 5.90. The van der Waals surface area contributed by atoms with Crippen molar-refractivity contribution in [1.29, 1.82) is 0 Å². The smallest absolute Gasteiger partial charge is 0.161 e. The third-order valence-corrected chi connectivity index (χ3v) is 2.80. The fraction of sp³-hybridized carbons (Fsp3) is 0.438. The SMILES string of the molecule is C/C=C/c1ccc(OCCCC(=O)CC)c(OC)c1. The van der Waals surface area contributed by atoms with Crippen molar-refractivity contribution >= 4 is 11.9 Å². The van der Waals surface area contributed by atoms with E-state index in [0.29, 0.717) is 19.4 Å². The molecule has 19 heavy (non-hydrogen) atoms. The number of rotatable bonds is 8. The standard InChI is InChI=1S/C16H22O3/c1-4-7-13-9-10-15(16(12-13)18-3)19-11-6-8-14(17)5-2/h4,7,9-10,12H,5-6,8,11H2,1-3H3/b7-4+. The van der Waals surface area contributed by atoms with Gasteiger partial charge in [0.25, 0.3) is 0 Å². The number of ketones is 1. The van der Waals surface area contributed by atoms with E-state index < -0.39 is 0 Å². The highest BCUT2D eigenvalue weighted by Crippen LogP contribution is 2.28. The van der Waals surface area contributed by atoms with E-state index in [1.807, 2.05) is 44.2 Å². The average Bonchev–Trinajstić information content (AvgIpc) is 2.44. The highest BCUT2D eigenvalue weighted by Gasteiger charge is 2.05. The topological polar surface area (TPSA) is 35.5 Å². The molecule has 0 atom stereocenters. The molecule has 0 aliphatic carbocycles. The number of hydrogen-bond acceptors (Lipinski definition) is 3. The third kappa shape index (κ3) is 5.16. The van der Waals surface area contributed by atoms with E-state index in [0.717, 1.165) is 23.5 Å². The molecular formula is C16H22O3. The summed E-state index contributed by atoms with van der Waals surface area (Å²) in [7, 11) is 1.63. The molecule has 0 bridgehead atoms. The summed E-state index contributed by atoms with van der Waals surface area (Å²) in [5.74, 6) is 1.72. The fourth-order valence-corrected chi connectivity index (χ4v) is 1.73. The summed E-state index contributed by atoms with van der Waals surface area (Å²) >= 11 is 0. The number of ether oxygens (including phenoxy) is 2. The first-order chi connectivity index (χ1) is 9.21. The van der Waals surface area contributed by atoms with Gasteiger partial charge in [0, 0.05) is 12.8 Å². The van der Waals surface area contributed by atoms with E-state index in [-0.39, 0.29) is 5.78 Å². The van der Waals surface area contributed by atoms with Crippen molar-refractivity contribution < 1.29 is 14.3 Å². The molecular weight excluding hydrogens is 240 g/mol. The molecule has 1 rings (SSSR count). The van der Waals surface area contributed by atoms with Gasteiger partial charge in [-0.15, -0.1) is 0 Å². The van der Waals surface area contributed by atoms with Gasteiger partial charge in [-0.25, -0.2) is 0 Å². The number of allylic oxidation sites excluding steroid dienone is 1. The molecule has 0 heterocycles. The van der Waals surface area contributed by atoms with E-state index in [1.54, 1.807) is 7.11 Å². The second kappa shape index (κ2) is 8.35. The first-order valence-corrected chi connectivity index (χ1v) is 6.66. The summed E-state index contributed by atoms with van der Waals surface area (Å²) in [4.78, 5) is 11.2. The summed E-state index contributed by atoms with van der Waals surface area (Å²) in [6.45, 7) is 4.39. The Hall–Kier alpha value is -1.77. The van der Waals surface area contributed by atoms with Gasteiger partial charge in [-0.3, -0.25) is 4.79 Å². The molecule has 1 aromatic carbocycles. The van der Waals surface area contributed by atoms with E-state index in [4.69, 9.17) is 9.47 Å². The zero-order valence-corrected chi connectivity index (χ0v) is 11.9. The molecule has 0 saturated carbocycles. The van der Waals surface area contributed by atoms with Crippen molar-refractivity contribution in [2.24, 2.45) is 0 Å². The maximum atomic E-state index is 11.2. The van der Waals surface area contributed by atoms with Crippen LogP contribution in [0, 0.1) is 0 Å². The van der Waals surface area contributed by atoms with Gasteiger partial charge in [0.1, 0.15) is 5.78 Å². The minimum absolute atomic E-state index is 0.277. The van der Waals surface area contributed by atoms with Crippen molar-refractivity contribution in [3.63, 3.8) is 0 Å². The Balaban J connectivity index is 2.55. The van der Waals surface area contributed by atoms with Crippen molar-refractivity contribution in [3.05, 3.63) is 29.8 Å². The predicted octanol–water partition coefficient (Wildman–Crippen LogP) is 3.87. The van der Waals surface area contributed by atoms with E-state index >= 15 is 0 Å². The molecule has 0 unspecified atom stereocenters. The minimum Gasteiger partial charge on any atom is -0.493 e. The molecule has 0 saturated heterocycles. The number of methoxy groups -OCH3 is 1. The first-order valence-electron chi connectivity index (χ1n) is 6.66. The quantitative estimate of drug-likeness (QED) is 0.667. The Morgan fingerprint density at radius 1 is 1.32 bits per heavy atom. The van der Waals surface area contributed by atoms with Gasteiger partial charge in [0.05, 0.1) is 13.7 Å². The van der Waals surface area contributed by atoms with Crippen LogP contribution in [0.3, 0.4) is 0 Å². The molecule has 1 aromatic rings. The van der Waals surface area contributed by atoms with Crippen LogP contribution in [0.1, 0.15) is 38.7 Å². The van der Waals surface area contributed by atoms with Crippen LogP contribution in [-0.2, 0) is 4.79 Å². The normalized spacial score (nSPS) is 10.7. The largest absolute Gasteiger partial charge is 0.493 e. The molecule has 0 aliphatic rings. The Kier molecular flexibility index (Phi) is 6.72. The van der Waals surface area contributed by atoms with E-state index in [1.165, 1.54) is 0 Å². The molecule has 3 nitrogen and oxygen atoms in total. The lowest BCUT2D eigenvalue weighted by Gasteiger charge is -2.11. The molecule has 0 aromatic heterocycles. The molecule has 0 spiro atoms. The van der Waals surface area contributed by atoms with Crippen molar-refractivity contribution in [3.8, 4) is 11.5 Å². The lowest BCUT2D eigenvalue weighted by Crippen LogP contribution is -2.03. The first kappa shape index (κ1) is 15.3. The van der Waals surface area contributed by atoms with Gasteiger partial charge in [0.15, 0.2) is 11.5 Å². The molecule has 0 N–H and O–H groups in total. The number of benzene rings is 1. The van der Waals surface area contributed by atoms with Crippen LogP contribution in [0.5, 0.6) is 11.5 Å². The Morgan fingerprint density at radius 2 is 2.11 bits per heavy atom. The maximum absolute atomic E-state index is 11.2. The summed E-state index contributed by atoms with van der Waals surface area (Å²) in [5.41, 5.74) is 1.08. The number of hydrogen-bond donors (Lipinski definition) is 0. The fourth-order valence-electron chi connectivity index (χ4n) is 1.73. The van der Waals surface area contributed by atoms with Crippen molar-refractivity contribution in [2.45, 2.75) is 33.1 Å². The van der Waals surface area contributed by atoms with Crippen LogP contribution in [0.25, 0.3) is 6.08 Å². The molecule has 3 heteroatoms. The van der Waals surface area contributed by atoms with Crippen molar-refractivity contribution in [1.82, 2.24) is 0 Å². The predicted molar refractivity (Wildman–Crippen MR) is 77.7 cm³/mol. The van der Waals surface area contributed by atoms with Crippen LogP contribution < -0.4 is 9.47 Å². The summed E-state index contributed by atoms with van der Waals surface area (Å²) in [6, 6.07) is 5.82. The molecule has 104 valence electrons. The Bertz CT molecular complexity index is 436. The Morgan fingerprint density at radius 3 is 2.74 bits per heavy atom. The van der Waals surface area contributed by atoms with Gasteiger partial charge >= 0.3 is 0 Å². The van der Waals surface area contributed by atoms with E-state index in [9.17, 15) is 4.79 Å². The average molecular weight is 262 g/mol. The van der Waals surface area contributed by atoms with Gasteiger partial charge in [-0.1, -0.05) is 25.1 Å². The van der Waals surface area contributed by atoms with Crippen LogP contribution in [-0.4, -0.2) is 19.5 Å². The Labute approximate surface area is 115 Å². The maximum Gasteiger partial charge on any atom is 0.161 e. The van der Waals surface area contributed by atoms with Gasteiger partial charge < -0.3 is 9.47 Å². The lowest BCUT2D eigenvalue weighted by molar-refractivity contribution is -0.118. The highest BCUT2D eigenvalue weighted by molar-refractivity contribution is 5.77. The van der Waals surface area contributed by atoms with E-state index in [2.05, 4.69) is 0 Å². The monoisotopic (exact) mass is 262 g/mol. The van der Waals surface area contributed by atoms with Gasteiger partial charge in [-0.2, -0.15) is 0 Å². The molecule has 0 aliphatic heterocycles. The molecule has 0 amide bonds. The number of Topliss-reactive ketones (excluding diaryl/α,β-unsaturated/α-hetero) is 1. The molecule has 0 radical (unpaired) electrons.